The molecule has 0 spiro atoms. The number of nitriles is 1. The van der Waals surface area contributed by atoms with E-state index in [2.05, 4.69) is 21.6 Å². The molecule has 228 valence electrons. The fourth-order valence-corrected chi connectivity index (χ4v) is 7.19. The molecule has 13 heteroatoms. The number of ketones is 1. The highest BCUT2D eigenvalue weighted by atomic mass is 32.2. The Kier molecular flexibility index (Phi) is 8.85. The van der Waals surface area contributed by atoms with Crippen LogP contribution in [-0.4, -0.2) is 49.0 Å². The highest BCUT2D eigenvalue weighted by Crippen LogP contribution is 2.52. The number of amides is 1. The van der Waals surface area contributed by atoms with Gasteiger partial charge in [-0.1, -0.05) is 55.1 Å². The molecule has 3 aromatic rings. The predicted octanol–water partition coefficient (Wildman–Crippen LogP) is 5.24. The molecule has 0 saturated heterocycles. The third-order valence-electron chi connectivity index (χ3n) is 7.43. The molecule has 0 radical (unpaired) electrons. The molecule has 0 bridgehead atoms. The van der Waals surface area contributed by atoms with E-state index in [0.717, 1.165) is 0 Å². The molecule has 5 rings (SSSR count). The number of allylic oxidation sites excluding steroid dienone is 3. The Morgan fingerprint density at radius 2 is 1.89 bits per heavy atom. The molecule has 0 saturated carbocycles. The zero-order chi connectivity index (χ0) is 31.6. The largest absolute Gasteiger partial charge is 0.497 e. The van der Waals surface area contributed by atoms with Crippen LogP contribution >= 0.6 is 23.1 Å². The number of methoxy groups -OCH3 is 3. The first-order valence-corrected chi connectivity index (χ1v) is 15.5. The lowest BCUT2D eigenvalue weighted by atomic mass is 9.68. The van der Waals surface area contributed by atoms with E-state index in [4.69, 9.17) is 19.9 Å². The molecule has 2 heterocycles. The van der Waals surface area contributed by atoms with Crippen molar-refractivity contribution in [2.24, 2.45) is 11.1 Å². The van der Waals surface area contributed by atoms with Crippen molar-refractivity contribution < 1.29 is 23.8 Å². The van der Waals surface area contributed by atoms with Crippen molar-refractivity contribution in [3.8, 4) is 23.3 Å². The van der Waals surface area contributed by atoms with Crippen molar-refractivity contribution in [2.75, 3.05) is 37.3 Å². The number of benzene rings is 2. The highest BCUT2D eigenvalue weighted by Gasteiger charge is 2.46. The lowest BCUT2D eigenvalue weighted by Gasteiger charge is -2.42. The molecule has 3 N–H and O–H groups in total. The number of aromatic nitrogens is 2. The zero-order valence-electron chi connectivity index (χ0n) is 25.0. The first kappa shape index (κ1) is 30.9. The maximum Gasteiger partial charge on any atom is 0.234 e. The number of nitrogens with zero attached hydrogens (tertiary/aromatic N) is 4. The number of rotatable bonds is 9. The van der Waals surface area contributed by atoms with E-state index in [-0.39, 0.29) is 34.3 Å². The van der Waals surface area contributed by atoms with Crippen LogP contribution in [0.15, 0.2) is 69.5 Å². The fraction of sp³-hybridized carbons (Fsp3) is 0.323. The number of carbonyl (C=O) groups excluding carboxylic acids is 2. The SMILES string of the molecule is COc1ccc(NC(=O)CSc2nnc(N3C(N)=C(C#N)C(c4ccccc4OC)C4=C3CC(C)(C)CC4=O)s2)c(OC)c1. The molecular weight excluding hydrogens is 601 g/mol. The second kappa shape index (κ2) is 12.6. The van der Waals surface area contributed by atoms with Gasteiger partial charge in [-0.25, -0.2) is 0 Å². The van der Waals surface area contributed by atoms with Gasteiger partial charge < -0.3 is 25.3 Å². The Morgan fingerprint density at radius 3 is 2.59 bits per heavy atom. The fourth-order valence-electron chi connectivity index (χ4n) is 5.51. The summed E-state index contributed by atoms with van der Waals surface area (Å²) in [6, 6.07) is 14.7. The molecule has 2 aromatic carbocycles. The first-order chi connectivity index (χ1) is 21.1. The monoisotopic (exact) mass is 632 g/mol. The molecule has 1 atom stereocenters. The quantitative estimate of drug-likeness (QED) is 0.298. The van der Waals surface area contributed by atoms with Crippen LogP contribution in [-0.2, 0) is 9.59 Å². The summed E-state index contributed by atoms with van der Waals surface area (Å²) >= 11 is 2.44. The van der Waals surface area contributed by atoms with E-state index >= 15 is 0 Å². The van der Waals surface area contributed by atoms with Gasteiger partial charge in [-0.15, -0.1) is 10.2 Å². The molecule has 2 aliphatic rings. The third-order valence-corrected chi connectivity index (χ3v) is 9.47. The Balaban J connectivity index is 1.45. The Morgan fingerprint density at radius 1 is 1.14 bits per heavy atom. The van der Waals surface area contributed by atoms with Gasteiger partial charge in [0.1, 0.15) is 23.1 Å². The van der Waals surface area contributed by atoms with Crippen molar-refractivity contribution >= 4 is 45.6 Å². The number of thioether (sulfide) groups is 1. The summed E-state index contributed by atoms with van der Waals surface area (Å²) in [5.74, 6) is 0.908. The Labute approximate surface area is 263 Å². The highest BCUT2D eigenvalue weighted by molar-refractivity contribution is 8.01. The van der Waals surface area contributed by atoms with Gasteiger partial charge in [0, 0.05) is 29.3 Å². The number of carbonyl (C=O) groups is 2. The lowest BCUT2D eigenvalue weighted by molar-refractivity contribution is -0.118. The molecule has 1 aliphatic heterocycles. The van der Waals surface area contributed by atoms with Crippen LogP contribution in [0, 0.1) is 16.7 Å². The molecule has 1 unspecified atom stereocenters. The molecule has 0 fully saturated rings. The summed E-state index contributed by atoms with van der Waals surface area (Å²) in [5, 5.41) is 22.3. The minimum Gasteiger partial charge on any atom is -0.497 e. The zero-order valence-corrected chi connectivity index (χ0v) is 26.6. The van der Waals surface area contributed by atoms with Gasteiger partial charge in [0.15, 0.2) is 10.1 Å². The number of nitrogens with two attached hydrogens (primary N) is 1. The van der Waals surface area contributed by atoms with Crippen LogP contribution in [0.5, 0.6) is 17.2 Å². The van der Waals surface area contributed by atoms with E-state index < -0.39 is 5.92 Å². The van der Waals surface area contributed by atoms with E-state index in [1.165, 1.54) is 30.2 Å². The standard InChI is InChI=1S/C31H32N6O5S2/c1-31(2)13-21-27(22(38)14-31)26(18-8-6-7-9-23(18)41-4)19(15-32)28(33)37(21)29-35-36-30(44-29)43-16-25(39)34-20-11-10-17(40-3)12-24(20)42-5/h6-12,26H,13-14,16,33H2,1-5H3,(H,34,39). The van der Waals surface area contributed by atoms with E-state index in [1.807, 2.05) is 32.0 Å². The van der Waals surface area contributed by atoms with Crippen LogP contribution in [0.2, 0.25) is 0 Å². The topological polar surface area (TPSA) is 153 Å². The second-order valence-corrected chi connectivity index (χ2v) is 13.2. The van der Waals surface area contributed by atoms with Crippen molar-refractivity contribution in [3.63, 3.8) is 0 Å². The minimum atomic E-state index is -0.675. The second-order valence-electron chi connectivity index (χ2n) is 11.0. The summed E-state index contributed by atoms with van der Waals surface area (Å²) in [6.45, 7) is 4.06. The van der Waals surface area contributed by atoms with Gasteiger partial charge in [-0.3, -0.25) is 14.5 Å². The average molecular weight is 633 g/mol. The van der Waals surface area contributed by atoms with Crippen molar-refractivity contribution in [2.45, 2.75) is 36.9 Å². The number of anilines is 2. The predicted molar refractivity (Wildman–Crippen MR) is 169 cm³/mol. The summed E-state index contributed by atoms with van der Waals surface area (Å²) < 4.78 is 16.7. The van der Waals surface area contributed by atoms with Gasteiger partial charge in [-0.05, 0) is 30.0 Å². The van der Waals surface area contributed by atoms with E-state index in [1.54, 1.807) is 43.4 Å². The smallest absolute Gasteiger partial charge is 0.234 e. The van der Waals surface area contributed by atoms with E-state index in [9.17, 15) is 14.9 Å². The average Bonchev–Trinajstić information content (AvgIpc) is 3.47. The van der Waals surface area contributed by atoms with Crippen molar-refractivity contribution in [1.29, 1.82) is 5.26 Å². The van der Waals surface area contributed by atoms with Crippen LogP contribution in [0.25, 0.3) is 0 Å². The number of hydrogen-bond donors (Lipinski definition) is 2. The van der Waals surface area contributed by atoms with Crippen molar-refractivity contribution in [3.05, 3.63) is 70.7 Å². The van der Waals surface area contributed by atoms with Crippen LogP contribution < -0.4 is 30.2 Å². The number of nitrogens with one attached hydrogen (secondary N) is 1. The van der Waals surface area contributed by atoms with Gasteiger partial charge >= 0.3 is 0 Å². The third kappa shape index (κ3) is 5.95. The normalized spacial score (nSPS) is 17.6. The number of Topliss-reactive ketones (excluding diaryl/α,β-unsaturated/α-hetero) is 1. The molecule has 11 nitrogen and oxygen atoms in total. The maximum absolute atomic E-state index is 13.8. The Hall–Kier alpha value is -4.54. The molecular formula is C31H32N6O5S2. The summed E-state index contributed by atoms with van der Waals surface area (Å²) in [7, 11) is 4.63. The number of hydrogen-bond acceptors (Lipinski definition) is 12. The van der Waals surface area contributed by atoms with E-state index in [0.29, 0.717) is 62.1 Å². The number of para-hydroxylation sites is 1. The molecule has 1 aliphatic carbocycles. The summed E-state index contributed by atoms with van der Waals surface area (Å²) in [6.07, 6.45) is 0.864. The Bertz CT molecular complexity index is 1720. The van der Waals surface area contributed by atoms with Crippen LogP contribution in [0.1, 0.15) is 38.2 Å². The van der Waals surface area contributed by atoms with Gasteiger partial charge in [-0.2, -0.15) is 5.26 Å². The lowest BCUT2D eigenvalue weighted by Crippen LogP contribution is -2.42. The summed E-state index contributed by atoms with van der Waals surface area (Å²) in [4.78, 5) is 28.3. The van der Waals surface area contributed by atoms with Crippen molar-refractivity contribution in [1.82, 2.24) is 10.2 Å². The summed E-state index contributed by atoms with van der Waals surface area (Å²) in [5.41, 5.74) is 9.04. The van der Waals surface area contributed by atoms with Crippen LogP contribution in [0.3, 0.4) is 0 Å². The maximum atomic E-state index is 13.8. The molecule has 44 heavy (non-hydrogen) atoms. The number of ether oxygens (including phenoxy) is 3. The molecule has 1 aromatic heterocycles. The molecule has 1 amide bonds. The first-order valence-electron chi connectivity index (χ1n) is 13.7. The van der Waals surface area contributed by atoms with Gasteiger partial charge in [0.2, 0.25) is 11.0 Å². The van der Waals surface area contributed by atoms with Crippen LogP contribution in [0.4, 0.5) is 10.8 Å². The minimum absolute atomic E-state index is 0.0536. The van der Waals surface area contributed by atoms with Gasteiger partial charge in [0.05, 0.1) is 50.3 Å². The van der Waals surface area contributed by atoms with Gasteiger partial charge in [0.25, 0.3) is 0 Å².